The Hall–Kier alpha value is -0.960. The second kappa shape index (κ2) is 38.2. The largest absolute Gasteiger partial charge is 2.00 e. The Kier molecular flexibility index (Phi) is 43.1. The molecule has 0 bridgehead atoms. The first-order valence-electron chi connectivity index (χ1n) is 21.9. The number of nitrogens with one attached hydrogen (secondary N) is 1. The molecule has 353 valence electrons. The summed E-state index contributed by atoms with van der Waals surface area (Å²) >= 11 is 0. The summed E-state index contributed by atoms with van der Waals surface area (Å²) in [6, 6.07) is 13.5. The molecule has 3 rings (SSSR count). The summed E-state index contributed by atoms with van der Waals surface area (Å²) in [7, 11) is -1.99. The minimum atomic E-state index is -0.663. The Morgan fingerprint density at radius 3 is 0.677 bits per heavy atom. The third kappa shape index (κ3) is 27.5. The maximum absolute atomic E-state index is 6.00. The van der Waals surface area contributed by atoms with E-state index in [-0.39, 0.29) is 43.0 Å². The smallest absolute Gasteiger partial charge is 0.615 e. The van der Waals surface area contributed by atoms with E-state index >= 15 is 0 Å². The van der Waals surface area contributed by atoms with E-state index in [1.165, 1.54) is 67.1 Å². The third-order valence-electron chi connectivity index (χ3n) is 9.59. The van der Waals surface area contributed by atoms with E-state index in [4.69, 9.17) is 36.6 Å². The van der Waals surface area contributed by atoms with Gasteiger partial charge in [0.15, 0.2) is 0 Å². The van der Waals surface area contributed by atoms with Gasteiger partial charge >= 0.3 is 43.0 Å². The van der Waals surface area contributed by atoms with Crippen LogP contribution in [0.4, 0.5) is 17.1 Å². The molecule has 0 aliphatic heterocycles. The number of rotatable bonds is 14. The molecule has 0 unspecified atom stereocenters. The summed E-state index contributed by atoms with van der Waals surface area (Å²) in [6.07, 6.45) is 0. The quantitative estimate of drug-likeness (QED) is 0.0740. The van der Waals surface area contributed by atoms with E-state index in [0.717, 1.165) is 13.2 Å². The van der Waals surface area contributed by atoms with E-state index in [9.17, 15) is 0 Å². The molecule has 62 heavy (non-hydrogen) atoms. The predicted octanol–water partition coefficient (Wildman–Crippen LogP) is 17.7. The number of hydrogen-bond acceptors (Lipinski definition) is 4. The van der Waals surface area contributed by atoms with Gasteiger partial charge in [-0.05, 0) is 159 Å². The first-order valence-corrected chi connectivity index (χ1v) is 26.8. The van der Waals surface area contributed by atoms with Crippen molar-refractivity contribution in [1.82, 2.24) is 0 Å². The second-order valence-electron chi connectivity index (χ2n) is 17.6. The van der Waals surface area contributed by atoms with Gasteiger partial charge in [-0.25, -0.2) is 0 Å². The molecule has 8 nitrogen and oxygen atoms in total. The minimum Gasteiger partial charge on any atom is -0.615 e. The van der Waals surface area contributed by atoms with Gasteiger partial charge in [0.05, 0.1) is 34.0 Å². The van der Waals surface area contributed by atoms with Crippen LogP contribution in [0.1, 0.15) is 147 Å². The van der Waals surface area contributed by atoms with Crippen LogP contribution in [0.25, 0.3) is 21.1 Å². The molecule has 3 N–H and O–H groups in total. The van der Waals surface area contributed by atoms with Gasteiger partial charge in [-0.15, -0.1) is 17.1 Å². The number of nitrogens with two attached hydrogens (primary N) is 1. The molecular weight excluding hydrogens is 946 g/mol. The van der Waals surface area contributed by atoms with Gasteiger partial charge in [0.1, 0.15) is 0 Å². The molecule has 0 saturated carbocycles. The maximum Gasteiger partial charge on any atom is 2.00 e. The molecule has 0 aliphatic rings. The summed E-state index contributed by atoms with van der Waals surface area (Å²) < 4.78 is 4.83. The van der Waals surface area contributed by atoms with Gasteiger partial charge in [-0.1, -0.05) is 111 Å². The molecule has 0 amide bonds. The molecular formula is C49H91CoN7OP3Zr+3. The average molecular weight is 1040 g/mol. The van der Waals surface area contributed by atoms with Gasteiger partial charge in [-0.2, -0.15) is 0 Å². The van der Waals surface area contributed by atoms with Crippen LogP contribution >= 0.6 is 24.2 Å². The zero-order chi connectivity index (χ0) is 47.6. The average Bonchev–Trinajstić information content (AvgIpc) is 3.12. The van der Waals surface area contributed by atoms with E-state index in [0.29, 0.717) is 34.0 Å². The molecule has 1 radical (unpaired) electrons. The van der Waals surface area contributed by atoms with Crippen molar-refractivity contribution in [3.05, 3.63) is 108 Å². The van der Waals surface area contributed by atoms with Crippen molar-refractivity contribution in [1.29, 1.82) is 10.8 Å². The van der Waals surface area contributed by atoms with E-state index in [1.54, 1.807) is 0 Å². The summed E-state index contributed by atoms with van der Waals surface area (Å²) in [5, 5.41) is 27.3. The molecule has 3 aromatic rings. The van der Waals surface area contributed by atoms with Crippen LogP contribution in [-0.4, -0.2) is 47.2 Å². The summed E-state index contributed by atoms with van der Waals surface area (Å²) in [5.41, 5.74) is 19.9. The molecule has 0 aromatic heterocycles. The van der Waals surface area contributed by atoms with Crippen LogP contribution < -0.4 is 5.84 Å². The molecule has 0 spiro atoms. The Bertz CT molecular complexity index is 1360. The molecule has 0 fully saturated rings. The monoisotopic (exact) mass is 1040 g/mol. The Morgan fingerprint density at radius 1 is 0.435 bits per heavy atom. The minimum absolute atomic E-state index is 0. The molecule has 3 aromatic carbocycles. The normalized spacial score (nSPS) is 10.4. The van der Waals surface area contributed by atoms with Gasteiger partial charge < -0.3 is 31.7 Å². The third-order valence-corrected chi connectivity index (χ3v) is 18.1. The number of aryl methyl sites for hydroxylation is 9. The van der Waals surface area contributed by atoms with E-state index in [2.05, 4.69) is 188 Å². The van der Waals surface area contributed by atoms with Crippen LogP contribution in [0.15, 0.2) is 36.4 Å². The summed E-state index contributed by atoms with van der Waals surface area (Å²) in [4.78, 5) is 0. The van der Waals surface area contributed by atoms with Gasteiger partial charge in [-0.3, -0.25) is 0 Å². The number of nitrogens with zero attached hydrogens (tertiary/aromatic N) is 5. The van der Waals surface area contributed by atoms with Gasteiger partial charge in [0, 0.05) is 24.0 Å². The van der Waals surface area contributed by atoms with Crippen molar-refractivity contribution in [3.63, 3.8) is 0 Å². The Morgan fingerprint density at radius 2 is 0.581 bits per heavy atom. The topological polar surface area (TPSA) is 149 Å². The van der Waals surface area contributed by atoms with E-state index < -0.39 is 24.2 Å². The van der Waals surface area contributed by atoms with Crippen LogP contribution in [0.2, 0.25) is 0 Å². The van der Waals surface area contributed by atoms with Crippen LogP contribution in [0.3, 0.4) is 0 Å². The maximum atomic E-state index is 6.00. The molecule has 0 heterocycles. The SMILES string of the molecule is CCOCC.Cc1cc(C)c([N-][PH+](C(C)C)C(C)C)c(C)c1.Cc1cc(C)c([N-][PH+](C(C)C)C(C)C)c(C)c1.Cc1cc(C)c([N-][PH+](C(C)C)C(C)C)c(C)c1.N#N.[Co+2].[NH-]N.[Zr+2]. The fourth-order valence-corrected chi connectivity index (χ4v) is 14.8. The standard InChI is InChI=1S/3C15H26NP.C4H10O.Co.H3N2.N2.Zr/c3*1-10(2)17(11(3)4)16-15-13(6)8-12(5)9-14(15)7;1-3-5-4-2;;2*1-2;/h3*8-11,17H,1-7H3;3-4H2,1-2H3;;1H,2H2;;/q;;;;+2;-1;;+2. The van der Waals surface area contributed by atoms with Crippen LogP contribution in [0, 0.1) is 73.1 Å². The van der Waals surface area contributed by atoms with E-state index in [1.807, 2.05) is 13.8 Å². The fourth-order valence-electron chi connectivity index (χ4n) is 7.41. The molecule has 0 aliphatic carbocycles. The van der Waals surface area contributed by atoms with Crippen molar-refractivity contribution in [3.8, 4) is 0 Å². The van der Waals surface area contributed by atoms with Crippen molar-refractivity contribution < 1.29 is 47.7 Å². The zero-order valence-electron chi connectivity index (χ0n) is 43.4. The number of benzene rings is 3. The predicted molar refractivity (Wildman–Crippen MR) is 281 cm³/mol. The van der Waals surface area contributed by atoms with Crippen molar-refractivity contribution in [2.24, 2.45) is 5.84 Å². The fraction of sp³-hybridized carbons (Fsp3) is 0.633. The molecule has 0 saturated heterocycles. The number of ether oxygens (including phenoxy) is 1. The van der Waals surface area contributed by atoms with Gasteiger partial charge in [0.25, 0.3) is 0 Å². The summed E-state index contributed by atoms with van der Waals surface area (Å²) in [6.45, 7) is 52.8. The van der Waals surface area contributed by atoms with Crippen LogP contribution in [0.5, 0.6) is 0 Å². The molecule has 0 atom stereocenters. The number of hydrogen-bond donors (Lipinski definition) is 1. The summed E-state index contributed by atoms with van der Waals surface area (Å²) in [5.74, 6) is 9.00. The zero-order valence-corrected chi connectivity index (χ0v) is 49.9. The van der Waals surface area contributed by atoms with Crippen molar-refractivity contribution in [2.45, 2.75) is 193 Å². The van der Waals surface area contributed by atoms with Crippen LogP contribution in [-0.2, 0) is 47.7 Å². The van der Waals surface area contributed by atoms with Gasteiger partial charge in [0.2, 0.25) is 0 Å². The Labute approximate surface area is 416 Å². The first-order chi connectivity index (χ1) is 27.9. The second-order valence-corrected chi connectivity index (χ2v) is 27.7. The van der Waals surface area contributed by atoms with Crippen molar-refractivity contribution >= 4 is 41.3 Å². The Balaban J connectivity index is -0.000000235. The van der Waals surface area contributed by atoms with Crippen molar-refractivity contribution in [2.75, 3.05) is 13.2 Å². The molecule has 13 heteroatoms. The first kappa shape index (κ1) is 70.1.